The van der Waals surface area contributed by atoms with E-state index in [9.17, 15) is 8.42 Å². The summed E-state index contributed by atoms with van der Waals surface area (Å²) in [6, 6.07) is 20.1. The first-order valence-corrected chi connectivity index (χ1v) is 12.6. The van der Waals surface area contributed by atoms with Crippen LogP contribution >= 0.6 is 0 Å². The second-order valence-electron chi connectivity index (χ2n) is 8.47. The molecule has 4 aromatic carbocycles. The Bertz CT molecular complexity index is 1580. The predicted molar refractivity (Wildman–Crippen MR) is 133 cm³/mol. The van der Waals surface area contributed by atoms with Gasteiger partial charge in [-0.15, -0.1) is 0 Å². The molecule has 0 saturated heterocycles. The third-order valence-electron chi connectivity index (χ3n) is 6.68. The molecule has 2 aliphatic heterocycles. The summed E-state index contributed by atoms with van der Waals surface area (Å²) in [6.45, 7) is 0.161. The van der Waals surface area contributed by atoms with Crippen molar-refractivity contribution in [3.8, 4) is 34.1 Å². The number of sulfone groups is 1. The molecule has 0 spiro atoms. The van der Waals surface area contributed by atoms with Crippen LogP contribution in [0.2, 0.25) is 0 Å². The van der Waals surface area contributed by atoms with Crippen LogP contribution in [-0.4, -0.2) is 36.5 Å². The highest BCUT2D eigenvalue weighted by atomic mass is 32.2. The van der Waals surface area contributed by atoms with E-state index in [1.165, 1.54) is 7.11 Å². The Morgan fingerprint density at radius 1 is 0.886 bits per heavy atom. The van der Waals surface area contributed by atoms with Gasteiger partial charge in [0.1, 0.15) is 0 Å². The summed E-state index contributed by atoms with van der Waals surface area (Å²) in [4.78, 5) is 2.04. The molecular weight excluding hydrogens is 466 g/mol. The molecule has 178 valence electrons. The third-order valence-corrected chi connectivity index (χ3v) is 8.74. The molecule has 35 heavy (non-hydrogen) atoms. The molecule has 2 aliphatic rings. The average Bonchev–Trinajstić information content (AvgIpc) is 3.34. The molecule has 4 aromatic rings. The zero-order valence-electron chi connectivity index (χ0n) is 19.4. The standard InChI is InChI=1S/C27H23NO6S/c1-28-25-19(10-9-16-13-22-23(14-20(16)25)34-15-33-22)18-11-12-21(31-2)26(32-3)24(18)27(28)35(29,30)17-7-5-4-6-8-17/h4-14,27H,15H2,1-3H3. The molecule has 6 rings (SSSR count). The second kappa shape index (κ2) is 7.81. The van der Waals surface area contributed by atoms with E-state index in [-0.39, 0.29) is 11.7 Å². The highest BCUT2D eigenvalue weighted by Crippen LogP contribution is 2.55. The smallest absolute Gasteiger partial charge is 0.231 e. The Balaban J connectivity index is 1.71. The van der Waals surface area contributed by atoms with Crippen molar-refractivity contribution >= 4 is 26.3 Å². The Morgan fingerprint density at radius 3 is 2.31 bits per heavy atom. The molecule has 1 unspecified atom stereocenters. The van der Waals surface area contributed by atoms with Crippen molar-refractivity contribution < 1.29 is 27.4 Å². The van der Waals surface area contributed by atoms with Crippen LogP contribution in [0.5, 0.6) is 23.0 Å². The van der Waals surface area contributed by atoms with E-state index in [1.54, 1.807) is 44.5 Å². The fraction of sp³-hybridized carbons (Fsp3) is 0.185. The van der Waals surface area contributed by atoms with Crippen molar-refractivity contribution in [3.05, 3.63) is 72.3 Å². The van der Waals surface area contributed by atoms with E-state index in [1.807, 2.05) is 41.3 Å². The van der Waals surface area contributed by atoms with E-state index in [0.717, 1.165) is 27.6 Å². The summed E-state index contributed by atoms with van der Waals surface area (Å²) >= 11 is 0. The molecule has 0 aliphatic carbocycles. The lowest BCUT2D eigenvalue weighted by Gasteiger charge is -2.39. The Labute approximate surface area is 203 Å². The maximum absolute atomic E-state index is 14.2. The van der Waals surface area contributed by atoms with Gasteiger partial charge in [-0.05, 0) is 47.3 Å². The van der Waals surface area contributed by atoms with Gasteiger partial charge in [0.25, 0.3) is 0 Å². The minimum Gasteiger partial charge on any atom is -0.493 e. The number of hydrogen-bond acceptors (Lipinski definition) is 7. The fourth-order valence-corrected chi connectivity index (χ4v) is 7.00. The van der Waals surface area contributed by atoms with Gasteiger partial charge in [-0.3, -0.25) is 0 Å². The predicted octanol–water partition coefficient (Wildman–Crippen LogP) is 5.18. The topological polar surface area (TPSA) is 74.3 Å². The zero-order chi connectivity index (χ0) is 24.3. The third kappa shape index (κ3) is 3.06. The molecule has 0 fully saturated rings. The minimum absolute atomic E-state index is 0.161. The van der Waals surface area contributed by atoms with Gasteiger partial charge in [-0.2, -0.15) is 0 Å². The van der Waals surface area contributed by atoms with Gasteiger partial charge in [0, 0.05) is 23.6 Å². The molecule has 2 heterocycles. The van der Waals surface area contributed by atoms with Gasteiger partial charge >= 0.3 is 0 Å². The van der Waals surface area contributed by atoms with E-state index >= 15 is 0 Å². The van der Waals surface area contributed by atoms with Crippen LogP contribution in [-0.2, 0) is 9.84 Å². The first-order valence-electron chi connectivity index (χ1n) is 11.1. The number of benzene rings is 4. The number of nitrogens with zero attached hydrogens (tertiary/aromatic N) is 1. The van der Waals surface area contributed by atoms with Crippen molar-refractivity contribution in [3.63, 3.8) is 0 Å². The molecule has 0 radical (unpaired) electrons. The number of methoxy groups -OCH3 is 2. The highest BCUT2D eigenvalue weighted by Gasteiger charge is 2.42. The van der Waals surface area contributed by atoms with Gasteiger partial charge in [0.15, 0.2) is 28.4 Å². The van der Waals surface area contributed by atoms with Crippen molar-refractivity contribution in [1.29, 1.82) is 0 Å². The van der Waals surface area contributed by atoms with Gasteiger partial charge in [-0.25, -0.2) is 8.42 Å². The van der Waals surface area contributed by atoms with E-state index in [2.05, 4.69) is 0 Å². The van der Waals surface area contributed by atoms with Crippen LogP contribution in [0.25, 0.3) is 21.9 Å². The first-order chi connectivity index (χ1) is 17.0. The molecule has 1 atom stereocenters. The summed E-state index contributed by atoms with van der Waals surface area (Å²) in [5.41, 5.74) is 3.02. The highest BCUT2D eigenvalue weighted by molar-refractivity contribution is 7.91. The molecule has 0 saturated carbocycles. The van der Waals surface area contributed by atoms with Crippen molar-refractivity contribution in [1.82, 2.24) is 0 Å². The minimum atomic E-state index is -3.87. The number of fused-ring (bicyclic) bond motifs is 6. The van der Waals surface area contributed by atoms with Crippen LogP contribution in [0.15, 0.2) is 71.6 Å². The van der Waals surface area contributed by atoms with Crippen LogP contribution < -0.4 is 23.8 Å². The molecular formula is C27H23NO6S. The second-order valence-corrected chi connectivity index (χ2v) is 10.5. The number of hydrogen-bond donors (Lipinski definition) is 0. The molecule has 0 N–H and O–H groups in total. The number of ether oxygens (including phenoxy) is 4. The van der Waals surface area contributed by atoms with Crippen LogP contribution in [0.4, 0.5) is 5.69 Å². The lowest BCUT2D eigenvalue weighted by molar-refractivity contribution is 0.174. The fourth-order valence-electron chi connectivity index (χ4n) is 5.14. The largest absolute Gasteiger partial charge is 0.493 e. The van der Waals surface area contributed by atoms with E-state index in [4.69, 9.17) is 18.9 Å². The van der Waals surface area contributed by atoms with Crippen molar-refractivity contribution in [2.24, 2.45) is 0 Å². The molecule has 8 heteroatoms. The normalized spacial score (nSPS) is 16.1. The molecule has 0 bridgehead atoms. The summed E-state index contributed by atoms with van der Waals surface area (Å²) < 4.78 is 50.9. The number of anilines is 1. The summed E-state index contributed by atoms with van der Waals surface area (Å²) in [6.07, 6.45) is 0. The maximum atomic E-state index is 14.2. The van der Waals surface area contributed by atoms with E-state index in [0.29, 0.717) is 28.6 Å². The summed E-state index contributed by atoms with van der Waals surface area (Å²) in [7, 11) is 1.00. The van der Waals surface area contributed by atoms with Gasteiger partial charge in [0.2, 0.25) is 16.6 Å². The Hall–Kier alpha value is -3.91. The van der Waals surface area contributed by atoms with Crippen LogP contribution in [0.3, 0.4) is 0 Å². The van der Waals surface area contributed by atoms with Crippen LogP contribution in [0.1, 0.15) is 10.9 Å². The quantitative estimate of drug-likeness (QED) is 0.391. The van der Waals surface area contributed by atoms with Gasteiger partial charge in [-0.1, -0.05) is 30.3 Å². The Morgan fingerprint density at radius 2 is 1.60 bits per heavy atom. The van der Waals surface area contributed by atoms with Gasteiger partial charge < -0.3 is 23.8 Å². The maximum Gasteiger partial charge on any atom is 0.231 e. The lowest BCUT2D eigenvalue weighted by atomic mass is 9.89. The molecule has 0 aromatic heterocycles. The summed E-state index contributed by atoms with van der Waals surface area (Å²) in [5, 5.41) is 0.760. The Kier molecular flexibility index (Phi) is 4.82. The SMILES string of the molecule is COc1ccc2c(c1OC)C(S(=O)(=O)c1ccccc1)N(C)c1c-2ccc2cc3c(cc12)OCO3. The van der Waals surface area contributed by atoms with Crippen molar-refractivity contribution in [2.75, 3.05) is 33.0 Å². The van der Waals surface area contributed by atoms with Gasteiger partial charge in [0.05, 0.1) is 24.8 Å². The first kappa shape index (κ1) is 21.6. The van der Waals surface area contributed by atoms with E-state index < -0.39 is 15.2 Å². The lowest BCUT2D eigenvalue weighted by Crippen LogP contribution is -2.35. The zero-order valence-corrected chi connectivity index (χ0v) is 20.3. The average molecular weight is 490 g/mol. The number of rotatable bonds is 4. The molecule has 0 amide bonds. The van der Waals surface area contributed by atoms with Crippen molar-refractivity contribution in [2.45, 2.75) is 10.3 Å². The summed E-state index contributed by atoms with van der Waals surface area (Å²) in [5.74, 6) is 2.19. The molecule has 7 nitrogen and oxygen atoms in total. The van der Waals surface area contributed by atoms with Crippen LogP contribution in [0, 0.1) is 0 Å². The monoisotopic (exact) mass is 489 g/mol.